The number of benzene rings is 3. The maximum Gasteiger partial charge on any atom is 0.286 e. The quantitative estimate of drug-likeness (QED) is 0.652. The number of carbonyl (C=O) groups excluding carboxylic acids is 2. The standard InChI is InChI=1S/C21H14F3NO3S/c22-14-8-17(23)16(18(24)9-14)10-28-15-4-3-12-5-11(1-2-13(12)7-15)6-19-20(26)25-21(27)29-19/h1-5,7-9,19H,6,10H2,(H,25,26,27). The van der Waals surface area contributed by atoms with Crippen molar-refractivity contribution in [3.8, 4) is 5.75 Å². The van der Waals surface area contributed by atoms with Gasteiger partial charge in [0.25, 0.3) is 5.24 Å². The SMILES string of the molecule is O=C1NC(=O)C(Cc2ccc3cc(OCc4c(F)cc(F)cc4F)ccc3c2)S1. The minimum atomic E-state index is -1.000. The van der Waals surface area contributed by atoms with Gasteiger partial charge in [0.2, 0.25) is 5.91 Å². The van der Waals surface area contributed by atoms with Crippen molar-refractivity contribution < 1.29 is 27.5 Å². The highest BCUT2D eigenvalue weighted by Crippen LogP contribution is 2.27. The van der Waals surface area contributed by atoms with Gasteiger partial charge in [-0.3, -0.25) is 14.9 Å². The van der Waals surface area contributed by atoms with Gasteiger partial charge in [-0.05, 0) is 34.9 Å². The molecule has 0 radical (unpaired) electrons. The molecule has 4 rings (SSSR count). The topological polar surface area (TPSA) is 55.4 Å². The van der Waals surface area contributed by atoms with Crippen LogP contribution in [0.15, 0.2) is 48.5 Å². The highest BCUT2D eigenvalue weighted by atomic mass is 32.2. The van der Waals surface area contributed by atoms with Crippen molar-refractivity contribution in [1.82, 2.24) is 5.32 Å². The van der Waals surface area contributed by atoms with Crippen molar-refractivity contribution in [2.24, 2.45) is 0 Å². The smallest absolute Gasteiger partial charge is 0.286 e. The number of rotatable bonds is 5. The Balaban J connectivity index is 1.49. The third-order valence-corrected chi connectivity index (χ3v) is 5.53. The zero-order valence-corrected chi connectivity index (χ0v) is 15.7. The minimum Gasteiger partial charge on any atom is -0.489 e. The number of ether oxygens (including phenoxy) is 1. The maximum absolute atomic E-state index is 13.7. The number of nitrogens with one attached hydrogen (secondary N) is 1. The Morgan fingerprint density at radius 3 is 2.31 bits per heavy atom. The van der Waals surface area contributed by atoms with Gasteiger partial charge in [0.05, 0.1) is 10.8 Å². The van der Waals surface area contributed by atoms with Crippen LogP contribution in [0, 0.1) is 17.5 Å². The van der Waals surface area contributed by atoms with E-state index in [9.17, 15) is 22.8 Å². The van der Waals surface area contributed by atoms with E-state index in [2.05, 4.69) is 5.32 Å². The predicted octanol–water partition coefficient (Wildman–Crippen LogP) is 4.73. The summed E-state index contributed by atoms with van der Waals surface area (Å²) >= 11 is 0.980. The third-order valence-electron chi connectivity index (χ3n) is 4.55. The Morgan fingerprint density at radius 2 is 1.62 bits per heavy atom. The Kier molecular flexibility index (Phi) is 5.19. The Bertz CT molecular complexity index is 1110. The van der Waals surface area contributed by atoms with Gasteiger partial charge < -0.3 is 4.74 Å². The number of halogens is 3. The zero-order chi connectivity index (χ0) is 20.5. The highest BCUT2D eigenvalue weighted by Gasteiger charge is 2.31. The van der Waals surface area contributed by atoms with Crippen molar-refractivity contribution in [2.75, 3.05) is 0 Å². The second-order valence-electron chi connectivity index (χ2n) is 6.57. The molecule has 0 saturated carbocycles. The molecule has 0 spiro atoms. The fraction of sp³-hybridized carbons (Fsp3) is 0.143. The van der Waals surface area contributed by atoms with Crippen LogP contribution >= 0.6 is 11.8 Å². The van der Waals surface area contributed by atoms with Crippen molar-refractivity contribution in [2.45, 2.75) is 18.3 Å². The minimum absolute atomic E-state index is 0.288. The van der Waals surface area contributed by atoms with Crippen molar-refractivity contribution in [3.63, 3.8) is 0 Å². The molecule has 0 aliphatic carbocycles. The lowest BCUT2D eigenvalue weighted by atomic mass is 10.0. The monoisotopic (exact) mass is 417 g/mol. The number of imide groups is 1. The number of amides is 2. The molecule has 3 aromatic rings. The summed E-state index contributed by atoms with van der Waals surface area (Å²) in [7, 11) is 0. The van der Waals surface area contributed by atoms with Gasteiger partial charge in [-0.25, -0.2) is 13.2 Å². The molecule has 8 heteroatoms. The molecule has 1 fully saturated rings. The fourth-order valence-electron chi connectivity index (χ4n) is 3.10. The molecule has 3 aromatic carbocycles. The van der Waals surface area contributed by atoms with Crippen molar-refractivity contribution in [3.05, 3.63) is 77.1 Å². The predicted molar refractivity (Wildman–Crippen MR) is 103 cm³/mol. The van der Waals surface area contributed by atoms with E-state index in [-0.39, 0.29) is 23.3 Å². The summed E-state index contributed by atoms with van der Waals surface area (Å²) in [4.78, 5) is 23.0. The molecule has 1 unspecified atom stereocenters. The lowest BCUT2D eigenvalue weighted by molar-refractivity contribution is -0.118. The van der Waals surface area contributed by atoms with Gasteiger partial charge in [-0.2, -0.15) is 0 Å². The van der Waals surface area contributed by atoms with E-state index in [0.29, 0.717) is 24.3 Å². The van der Waals surface area contributed by atoms with E-state index in [4.69, 9.17) is 4.74 Å². The largest absolute Gasteiger partial charge is 0.489 e. The maximum atomic E-state index is 13.7. The second-order valence-corrected chi connectivity index (χ2v) is 7.74. The number of hydrogen-bond donors (Lipinski definition) is 1. The number of hydrogen-bond acceptors (Lipinski definition) is 4. The first-order valence-corrected chi connectivity index (χ1v) is 9.57. The van der Waals surface area contributed by atoms with E-state index >= 15 is 0 Å². The molecular formula is C21H14F3NO3S. The van der Waals surface area contributed by atoms with E-state index in [0.717, 1.165) is 28.1 Å². The van der Waals surface area contributed by atoms with E-state index < -0.39 is 22.7 Å². The number of carbonyl (C=O) groups is 2. The molecule has 1 aliphatic heterocycles. The van der Waals surface area contributed by atoms with Gasteiger partial charge >= 0.3 is 0 Å². The molecule has 1 aliphatic rings. The first-order chi connectivity index (χ1) is 13.9. The van der Waals surface area contributed by atoms with Gasteiger partial charge in [-0.15, -0.1) is 0 Å². The van der Waals surface area contributed by atoms with Crippen LogP contribution in [0.5, 0.6) is 5.75 Å². The molecule has 1 N–H and O–H groups in total. The lowest BCUT2D eigenvalue weighted by Gasteiger charge is -2.10. The first kappa shape index (κ1) is 19.3. The molecule has 1 heterocycles. The summed E-state index contributed by atoms with van der Waals surface area (Å²) in [5.41, 5.74) is 0.563. The van der Waals surface area contributed by atoms with Gasteiger partial charge in [0.1, 0.15) is 29.8 Å². The van der Waals surface area contributed by atoms with Crippen LogP contribution in [0.4, 0.5) is 18.0 Å². The Labute approximate surface area is 168 Å². The van der Waals surface area contributed by atoms with Crippen molar-refractivity contribution in [1.29, 1.82) is 0 Å². The first-order valence-electron chi connectivity index (χ1n) is 8.69. The van der Waals surface area contributed by atoms with Crippen molar-refractivity contribution >= 4 is 33.7 Å². The van der Waals surface area contributed by atoms with E-state index in [1.165, 1.54) is 0 Å². The second kappa shape index (κ2) is 7.79. The molecular weight excluding hydrogens is 403 g/mol. The number of fused-ring (bicyclic) bond motifs is 1. The molecule has 4 nitrogen and oxygen atoms in total. The Morgan fingerprint density at radius 1 is 0.931 bits per heavy atom. The van der Waals surface area contributed by atoms with Gasteiger partial charge in [0.15, 0.2) is 0 Å². The van der Waals surface area contributed by atoms with E-state index in [1.807, 2.05) is 18.2 Å². The van der Waals surface area contributed by atoms with Crippen LogP contribution in [0.2, 0.25) is 0 Å². The summed E-state index contributed by atoms with van der Waals surface area (Å²) in [6.45, 7) is -0.371. The van der Waals surface area contributed by atoms with Crippen LogP contribution in [0.25, 0.3) is 10.8 Å². The molecule has 1 saturated heterocycles. The van der Waals surface area contributed by atoms with Crippen LogP contribution in [0.3, 0.4) is 0 Å². The van der Waals surface area contributed by atoms with Crippen LogP contribution in [-0.2, 0) is 17.8 Å². The zero-order valence-electron chi connectivity index (χ0n) is 14.9. The average Bonchev–Trinajstić information content (AvgIpc) is 2.97. The molecule has 1 atom stereocenters. The molecule has 148 valence electrons. The number of thioether (sulfide) groups is 1. The summed E-state index contributed by atoms with van der Waals surface area (Å²) < 4.78 is 45.9. The summed E-state index contributed by atoms with van der Waals surface area (Å²) in [6.07, 6.45) is 0.430. The average molecular weight is 417 g/mol. The van der Waals surface area contributed by atoms with Crippen LogP contribution < -0.4 is 10.1 Å². The summed E-state index contributed by atoms with van der Waals surface area (Å²) in [5, 5.41) is 3.22. The van der Waals surface area contributed by atoms with Gasteiger partial charge in [-0.1, -0.05) is 36.0 Å². The molecule has 2 amide bonds. The van der Waals surface area contributed by atoms with Crippen LogP contribution in [-0.4, -0.2) is 16.4 Å². The lowest BCUT2D eigenvalue weighted by Crippen LogP contribution is -2.25. The van der Waals surface area contributed by atoms with Gasteiger partial charge in [0, 0.05) is 12.1 Å². The summed E-state index contributed by atoms with van der Waals surface area (Å²) in [5.74, 6) is -2.86. The third kappa shape index (κ3) is 4.22. The highest BCUT2D eigenvalue weighted by molar-refractivity contribution is 8.15. The Hall–Kier alpha value is -3.00. The summed E-state index contributed by atoms with van der Waals surface area (Å²) in [6, 6.07) is 12.0. The normalized spacial score (nSPS) is 16.3. The molecule has 29 heavy (non-hydrogen) atoms. The molecule has 0 aromatic heterocycles. The van der Waals surface area contributed by atoms with Crippen LogP contribution in [0.1, 0.15) is 11.1 Å². The fourth-order valence-corrected chi connectivity index (χ4v) is 3.96. The molecule has 0 bridgehead atoms. The van der Waals surface area contributed by atoms with E-state index in [1.54, 1.807) is 18.2 Å².